The van der Waals surface area contributed by atoms with Gasteiger partial charge in [0.15, 0.2) is 5.96 Å². The minimum absolute atomic E-state index is 0.0991. The molecule has 5 nitrogen and oxygen atoms in total. The Morgan fingerprint density at radius 3 is 2.59 bits per heavy atom. The van der Waals surface area contributed by atoms with E-state index in [0.29, 0.717) is 26.3 Å². The molecule has 0 amide bonds. The maximum Gasteiger partial charge on any atom is 0.191 e. The van der Waals surface area contributed by atoms with E-state index in [9.17, 15) is 4.39 Å². The highest BCUT2D eigenvalue weighted by Crippen LogP contribution is 2.34. The second kappa shape index (κ2) is 10.3. The lowest BCUT2D eigenvalue weighted by Gasteiger charge is -2.38. The van der Waals surface area contributed by atoms with Crippen molar-refractivity contribution in [3.05, 3.63) is 65.5 Å². The molecule has 0 aliphatic carbocycles. The van der Waals surface area contributed by atoms with Crippen LogP contribution in [0.2, 0.25) is 0 Å². The predicted octanol–water partition coefficient (Wildman–Crippen LogP) is 3.64. The average molecular weight is 400 g/mol. The molecule has 2 N–H and O–H groups in total. The smallest absolute Gasteiger partial charge is 0.191 e. The van der Waals surface area contributed by atoms with Crippen LogP contribution in [0.15, 0.2) is 53.5 Å². The third-order valence-corrected chi connectivity index (χ3v) is 5.40. The van der Waals surface area contributed by atoms with Crippen LogP contribution in [0.25, 0.3) is 0 Å². The molecule has 156 valence electrons. The molecule has 6 heteroatoms. The number of guanidine groups is 1. The molecular formula is C23H30FN3O2. The van der Waals surface area contributed by atoms with Crippen molar-refractivity contribution in [2.75, 3.05) is 33.4 Å². The molecule has 2 aromatic carbocycles. The lowest BCUT2D eigenvalue weighted by atomic mass is 9.74. The van der Waals surface area contributed by atoms with Gasteiger partial charge < -0.3 is 20.1 Å². The molecule has 1 heterocycles. The van der Waals surface area contributed by atoms with Crippen LogP contribution >= 0.6 is 0 Å². The Hall–Kier alpha value is -2.60. The fourth-order valence-electron chi connectivity index (χ4n) is 3.67. The number of hydrogen-bond acceptors (Lipinski definition) is 3. The zero-order chi connectivity index (χ0) is 20.5. The van der Waals surface area contributed by atoms with Gasteiger partial charge in [-0.25, -0.2) is 9.38 Å². The summed E-state index contributed by atoms with van der Waals surface area (Å²) in [5, 5.41) is 6.82. The van der Waals surface area contributed by atoms with E-state index in [4.69, 9.17) is 14.5 Å². The van der Waals surface area contributed by atoms with Crippen LogP contribution in [0.5, 0.6) is 5.75 Å². The van der Waals surface area contributed by atoms with Gasteiger partial charge in [0.2, 0.25) is 0 Å². The van der Waals surface area contributed by atoms with Gasteiger partial charge in [-0.15, -0.1) is 0 Å². The third kappa shape index (κ3) is 5.70. The highest BCUT2D eigenvalue weighted by molar-refractivity contribution is 5.79. The van der Waals surface area contributed by atoms with Crippen molar-refractivity contribution in [3.63, 3.8) is 0 Å². The van der Waals surface area contributed by atoms with Gasteiger partial charge in [-0.2, -0.15) is 0 Å². The zero-order valence-electron chi connectivity index (χ0n) is 17.2. The number of rotatable bonds is 7. The van der Waals surface area contributed by atoms with Gasteiger partial charge in [0.1, 0.15) is 11.6 Å². The molecule has 0 saturated carbocycles. The maximum absolute atomic E-state index is 13.4. The van der Waals surface area contributed by atoms with Crippen molar-refractivity contribution in [2.45, 2.75) is 31.7 Å². The van der Waals surface area contributed by atoms with Crippen molar-refractivity contribution in [2.24, 2.45) is 4.99 Å². The first kappa shape index (κ1) is 21.1. The second-order valence-electron chi connectivity index (χ2n) is 7.30. The van der Waals surface area contributed by atoms with E-state index in [0.717, 1.165) is 42.2 Å². The normalized spacial score (nSPS) is 16.3. The van der Waals surface area contributed by atoms with Gasteiger partial charge in [0, 0.05) is 31.7 Å². The summed E-state index contributed by atoms with van der Waals surface area (Å²) in [5.74, 6) is 1.38. The number of ether oxygens (including phenoxy) is 2. The summed E-state index contributed by atoms with van der Waals surface area (Å²) < 4.78 is 24.3. The molecule has 0 atom stereocenters. The molecule has 1 fully saturated rings. The van der Waals surface area contributed by atoms with E-state index < -0.39 is 0 Å². The van der Waals surface area contributed by atoms with E-state index in [1.165, 1.54) is 12.1 Å². The molecule has 0 aromatic heterocycles. The summed E-state index contributed by atoms with van der Waals surface area (Å²) in [6.07, 6.45) is 1.78. The fraction of sp³-hybridized carbons (Fsp3) is 0.435. The standard InChI is InChI=1S/C23H30FN3O2/c1-3-25-22(26-16-18-5-4-6-21(15-18)28-2)27-17-23(11-13-29-14-12-23)19-7-9-20(24)10-8-19/h4-10,15H,3,11-14,16-17H2,1-2H3,(H2,25,26,27). The van der Waals surface area contributed by atoms with Crippen molar-refractivity contribution < 1.29 is 13.9 Å². The molecule has 0 spiro atoms. The van der Waals surface area contributed by atoms with Crippen molar-refractivity contribution in [1.29, 1.82) is 0 Å². The molecule has 1 aliphatic heterocycles. The van der Waals surface area contributed by atoms with E-state index >= 15 is 0 Å². The minimum Gasteiger partial charge on any atom is -0.497 e. The summed E-state index contributed by atoms with van der Waals surface area (Å²) in [6, 6.07) is 14.8. The highest BCUT2D eigenvalue weighted by Gasteiger charge is 2.34. The number of hydrogen-bond donors (Lipinski definition) is 2. The van der Waals surface area contributed by atoms with E-state index in [2.05, 4.69) is 10.6 Å². The average Bonchev–Trinajstić information content (AvgIpc) is 2.77. The Bertz CT molecular complexity index is 802. The first-order chi connectivity index (χ1) is 14.1. The lowest BCUT2D eigenvalue weighted by Crippen LogP contribution is -2.48. The Balaban J connectivity index is 1.73. The predicted molar refractivity (Wildman–Crippen MR) is 114 cm³/mol. The van der Waals surface area contributed by atoms with Crippen LogP contribution in [0.1, 0.15) is 30.9 Å². The summed E-state index contributed by atoms with van der Waals surface area (Å²) in [7, 11) is 1.66. The van der Waals surface area contributed by atoms with Crippen molar-refractivity contribution in [1.82, 2.24) is 10.6 Å². The number of aliphatic imine (C=N–C) groups is 1. The van der Waals surface area contributed by atoms with E-state index in [1.807, 2.05) is 43.3 Å². The van der Waals surface area contributed by atoms with Crippen LogP contribution in [-0.4, -0.2) is 39.4 Å². The fourth-order valence-corrected chi connectivity index (χ4v) is 3.67. The number of halogens is 1. The number of methoxy groups -OCH3 is 1. The van der Waals surface area contributed by atoms with E-state index in [1.54, 1.807) is 7.11 Å². The van der Waals surface area contributed by atoms with Crippen LogP contribution in [0.4, 0.5) is 4.39 Å². The quantitative estimate of drug-likeness (QED) is 0.551. The molecule has 1 aliphatic rings. The minimum atomic E-state index is -0.211. The Morgan fingerprint density at radius 2 is 1.90 bits per heavy atom. The summed E-state index contributed by atoms with van der Waals surface area (Å²) in [4.78, 5) is 4.73. The lowest BCUT2D eigenvalue weighted by molar-refractivity contribution is 0.0513. The molecule has 2 aromatic rings. The van der Waals surface area contributed by atoms with E-state index in [-0.39, 0.29) is 11.2 Å². The van der Waals surface area contributed by atoms with Crippen molar-refractivity contribution >= 4 is 5.96 Å². The number of benzene rings is 2. The first-order valence-electron chi connectivity index (χ1n) is 10.1. The monoisotopic (exact) mass is 399 g/mol. The molecule has 29 heavy (non-hydrogen) atoms. The molecule has 0 unspecified atom stereocenters. The molecule has 1 saturated heterocycles. The van der Waals surface area contributed by atoms with Crippen molar-refractivity contribution in [3.8, 4) is 5.75 Å². The molecule has 0 bridgehead atoms. The summed E-state index contributed by atoms with van der Waals surface area (Å²) >= 11 is 0. The van der Waals surface area contributed by atoms with Gasteiger partial charge in [-0.3, -0.25) is 0 Å². The topological polar surface area (TPSA) is 54.9 Å². The van der Waals surface area contributed by atoms with Gasteiger partial charge >= 0.3 is 0 Å². The molecule has 0 radical (unpaired) electrons. The Morgan fingerprint density at radius 1 is 1.14 bits per heavy atom. The molecule has 3 rings (SSSR count). The van der Waals surface area contributed by atoms with Crippen LogP contribution < -0.4 is 15.4 Å². The van der Waals surface area contributed by atoms with Crippen LogP contribution in [0, 0.1) is 5.82 Å². The Kier molecular flexibility index (Phi) is 7.47. The largest absolute Gasteiger partial charge is 0.497 e. The maximum atomic E-state index is 13.4. The van der Waals surface area contributed by atoms with Crippen LogP contribution in [0.3, 0.4) is 0 Å². The van der Waals surface area contributed by atoms with Crippen LogP contribution in [-0.2, 0) is 16.7 Å². The van der Waals surface area contributed by atoms with Gasteiger partial charge in [0.25, 0.3) is 0 Å². The Labute approximate surface area is 172 Å². The van der Waals surface area contributed by atoms with Gasteiger partial charge in [-0.1, -0.05) is 24.3 Å². The summed E-state index contributed by atoms with van der Waals surface area (Å²) in [6.45, 7) is 5.50. The second-order valence-corrected chi connectivity index (χ2v) is 7.30. The van der Waals surface area contributed by atoms with Gasteiger partial charge in [-0.05, 0) is 55.2 Å². The summed E-state index contributed by atoms with van der Waals surface area (Å²) in [5.41, 5.74) is 2.12. The SMILES string of the molecule is CCNC(=NCc1cccc(OC)c1)NCC1(c2ccc(F)cc2)CCOCC1. The number of nitrogens with zero attached hydrogens (tertiary/aromatic N) is 1. The first-order valence-corrected chi connectivity index (χ1v) is 10.1. The molecular weight excluding hydrogens is 369 g/mol. The highest BCUT2D eigenvalue weighted by atomic mass is 19.1. The van der Waals surface area contributed by atoms with Gasteiger partial charge in [0.05, 0.1) is 13.7 Å². The third-order valence-electron chi connectivity index (χ3n) is 5.40. The zero-order valence-corrected chi connectivity index (χ0v) is 17.2. The number of nitrogens with one attached hydrogen (secondary N) is 2.